The molecule has 1 fully saturated rings. The van der Waals surface area contributed by atoms with Gasteiger partial charge in [-0.1, -0.05) is 12.5 Å². The van der Waals surface area contributed by atoms with E-state index in [-0.39, 0.29) is 10.6 Å². The van der Waals surface area contributed by atoms with Crippen LogP contribution in [-0.2, 0) is 0 Å². The quantitative estimate of drug-likeness (QED) is 0.656. The normalized spacial score (nSPS) is 19.5. The van der Waals surface area contributed by atoms with Crippen molar-refractivity contribution in [3.63, 3.8) is 0 Å². The molecule has 2 rings (SSSR count). The predicted octanol–water partition coefficient (Wildman–Crippen LogP) is 2.17. The first-order chi connectivity index (χ1) is 8.66. The second kappa shape index (κ2) is 5.82. The number of likely N-dealkylation sites (N-methyl/N-ethyl adjacent to an activating group) is 1. The Morgan fingerprint density at radius 3 is 3.00 bits per heavy atom. The van der Waals surface area contributed by atoms with E-state index in [1.807, 2.05) is 13.1 Å². The molecule has 5 nitrogen and oxygen atoms in total. The Labute approximate surface area is 107 Å². The number of non-ortho nitro benzene ring substituents is 1. The summed E-state index contributed by atoms with van der Waals surface area (Å²) in [5, 5.41) is 14.2. The maximum Gasteiger partial charge on any atom is 0.271 e. The maximum atomic E-state index is 10.7. The average molecular weight is 249 g/mol. The summed E-state index contributed by atoms with van der Waals surface area (Å²) in [6, 6.07) is 7.29. The van der Waals surface area contributed by atoms with Crippen molar-refractivity contribution in [2.45, 2.75) is 25.3 Å². The summed E-state index contributed by atoms with van der Waals surface area (Å²) in [4.78, 5) is 12.5. The average Bonchev–Trinajstić information content (AvgIpc) is 2.40. The number of nitro groups is 1. The van der Waals surface area contributed by atoms with Gasteiger partial charge >= 0.3 is 0 Å². The van der Waals surface area contributed by atoms with Crippen LogP contribution in [0, 0.1) is 10.1 Å². The topological polar surface area (TPSA) is 58.4 Å². The lowest BCUT2D eigenvalue weighted by Crippen LogP contribution is -2.42. The van der Waals surface area contributed by atoms with Crippen molar-refractivity contribution < 1.29 is 4.92 Å². The fraction of sp³-hybridized carbons (Fsp3) is 0.538. The minimum atomic E-state index is -0.351. The first-order valence-corrected chi connectivity index (χ1v) is 6.36. The van der Waals surface area contributed by atoms with E-state index in [9.17, 15) is 10.1 Å². The third-order valence-electron chi connectivity index (χ3n) is 3.39. The van der Waals surface area contributed by atoms with Gasteiger partial charge in [0.25, 0.3) is 5.69 Å². The van der Waals surface area contributed by atoms with E-state index in [1.54, 1.807) is 12.1 Å². The zero-order valence-corrected chi connectivity index (χ0v) is 10.6. The minimum absolute atomic E-state index is 0.149. The van der Waals surface area contributed by atoms with E-state index < -0.39 is 0 Å². The van der Waals surface area contributed by atoms with Crippen molar-refractivity contribution >= 4 is 11.4 Å². The van der Waals surface area contributed by atoms with Gasteiger partial charge in [0.05, 0.1) is 4.92 Å². The Balaban J connectivity index is 2.01. The van der Waals surface area contributed by atoms with Crippen molar-refractivity contribution in [3.05, 3.63) is 34.4 Å². The largest absolute Gasteiger partial charge is 0.373 e. The number of anilines is 1. The molecule has 0 bridgehead atoms. The van der Waals surface area contributed by atoms with Crippen molar-refractivity contribution in [1.82, 2.24) is 5.32 Å². The van der Waals surface area contributed by atoms with Crippen LogP contribution in [0.1, 0.15) is 19.3 Å². The zero-order valence-electron chi connectivity index (χ0n) is 10.6. The summed E-state index contributed by atoms with van der Waals surface area (Å²) in [6.45, 7) is 1.97. The zero-order chi connectivity index (χ0) is 13.0. The van der Waals surface area contributed by atoms with Crippen LogP contribution < -0.4 is 10.2 Å². The third-order valence-corrected chi connectivity index (χ3v) is 3.39. The highest BCUT2D eigenvalue weighted by molar-refractivity contribution is 5.52. The van der Waals surface area contributed by atoms with Crippen LogP contribution in [0.3, 0.4) is 0 Å². The summed E-state index contributed by atoms with van der Waals surface area (Å²) >= 11 is 0. The third kappa shape index (κ3) is 3.20. The summed E-state index contributed by atoms with van der Waals surface area (Å²) in [5.74, 6) is 0. The molecule has 0 spiro atoms. The Morgan fingerprint density at radius 2 is 2.33 bits per heavy atom. The Bertz CT molecular complexity index is 416. The number of benzene rings is 1. The standard InChI is InChI=1S/C13H19N3O2/c1-15(10-11-5-2-3-8-14-11)12-6-4-7-13(9-12)16(17)18/h4,6-7,9,11,14H,2-3,5,8,10H2,1H3. The van der Waals surface area contributed by atoms with Crippen molar-refractivity contribution in [2.24, 2.45) is 0 Å². The molecule has 1 aromatic rings. The van der Waals surface area contributed by atoms with Crippen LogP contribution in [-0.4, -0.2) is 31.1 Å². The van der Waals surface area contributed by atoms with E-state index in [4.69, 9.17) is 0 Å². The number of nitrogens with zero attached hydrogens (tertiary/aromatic N) is 2. The highest BCUT2D eigenvalue weighted by atomic mass is 16.6. The van der Waals surface area contributed by atoms with Gasteiger partial charge < -0.3 is 10.2 Å². The molecule has 0 amide bonds. The first kappa shape index (κ1) is 12.8. The number of piperidine rings is 1. The van der Waals surface area contributed by atoms with Gasteiger partial charge in [0.1, 0.15) is 0 Å². The molecular weight excluding hydrogens is 230 g/mol. The number of nitro benzene ring substituents is 1. The van der Waals surface area contributed by atoms with Gasteiger partial charge in [-0.25, -0.2) is 0 Å². The Morgan fingerprint density at radius 1 is 1.50 bits per heavy atom. The van der Waals surface area contributed by atoms with Gasteiger partial charge in [0, 0.05) is 37.5 Å². The lowest BCUT2D eigenvalue weighted by molar-refractivity contribution is -0.384. The van der Waals surface area contributed by atoms with Crippen molar-refractivity contribution in [1.29, 1.82) is 0 Å². The predicted molar refractivity (Wildman–Crippen MR) is 72.0 cm³/mol. The molecule has 1 heterocycles. The van der Waals surface area contributed by atoms with Crippen LogP contribution in [0.5, 0.6) is 0 Å². The fourth-order valence-corrected chi connectivity index (χ4v) is 2.36. The lowest BCUT2D eigenvalue weighted by Gasteiger charge is -2.29. The molecule has 0 aromatic heterocycles. The van der Waals surface area contributed by atoms with E-state index >= 15 is 0 Å². The molecule has 1 aromatic carbocycles. The molecule has 1 aliphatic rings. The van der Waals surface area contributed by atoms with Crippen LogP contribution in [0.2, 0.25) is 0 Å². The van der Waals surface area contributed by atoms with Crippen LogP contribution in [0.4, 0.5) is 11.4 Å². The van der Waals surface area contributed by atoms with Gasteiger partial charge in [-0.05, 0) is 25.5 Å². The second-order valence-corrected chi connectivity index (χ2v) is 4.80. The fourth-order valence-electron chi connectivity index (χ4n) is 2.36. The molecule has 1 saturated heterocycles. The molecule has 18 heavy (non-hydrogen) atoms. The molecule has 1 N–H and O–H groups in total. The molecule has 5 heteroatoms. The monoisotopic (exact) mass is 249 g/mol. The van der Waals surface area contributed by atoms with Crippen molar-refractivity contribution in [2.75, 3.05) is 25.0 Å². The second-order valence-electron chi connectivity index (χ2n) is 4.80. The highest BCUT2D eigenvalue weighted by Gasteiger charge is 2.16. The van der Waals surface area contributed by atoms with Gasteiger partial charge in [-0.2, -0.15) is 0 Å². The van der Waals surface area contributed by atoms with Crippen LogP contribution >= 0.6 is 0 Å². The smallest absolute Gasteiger partial charge is 0.271 e. The van der Waals surface area contributed by atoms with E-state index in [2.05, 4.69) is 10.2 Å². The minimum Gasteiger partial charge on any atom is -0.373 e. The maximum absolute atomic E-state index is 10.7. The Kier molecular flexibility index (Phi) is 4.15. The van der Waals surface area contributed by atoms with Crippen molar-refractivity contribution in [3.8, 4) is 0 Å². The SMILES string of the molecule is CN(CC1CCCCN1)c1cccc([N+](=O)[O-])c1. The van der Waals surface area contributed by atoms with E-state index in [1.165, 1.54) is 25.3 Å². The van der Waals surface area contributed by atoms with Gasteiger partial charge in [0.15, 0.2) is 0 Å². The molecule has 1 unspecified atom stereocenters. The highest BCUT2D eigenvalue weighted by Crippen LogP contribution is 2.21. The molecule has 98 valence electrons. The molecule has 0 aliphatic carbocycles. The molecule has 1 aliphatic heterocycles. The van der Waals surface area contributed by atoms with Gasteiger partial charge in [-0.15, -0.1) is 0 Å². The molecule has 0 radical (unpaired) electrons. The number of hydrogen-bond donors (Lipinski definition) is 1. The molecule has 0 saturated carbocycles. The number of nitrogens with one attached hydrogen (secondary N) is 1. The lowest BCUT2D eigenvalue weighted by atomic mass is 10.0. The molecule has 1 atom stereocenters. The summed E-state index contributed by atoms with van der Waals surface area (Å²) in [5.41, 5.74) is 1.05. The summed E-state index contributed by atoms with van der Waals surface area (Å²) in [7, 11) is 1.98. The van der Waals surface area contributed by atoms with Gasteiger partial charge in [-0.3, -0.25) is 10.1 Å². The summed E-state index contributed by atoms with van der Waals surface area (Å²) < 4.78 is 0. The van der Waals surface area contributed by atoms with Gasteiger partial charge in [0.2, 0.25) is 0 Å². The number of hydrogen-bond acceptors (Lipinski definition) is 4. The van der Waals surface area contributed by atoms with E-state index in [0.717, 1.165) is 18.8 Å². The van der Waals surface area contributed by atoms with E-state index in [0.29, 0.717) is 6.04 Å². The number of rotatable bonds is 4. The first-order valence-electron chi connectivity index (χ1n) is 6.36. The van der Waals surface area contributed by atoms with Crippen LogP contribution in [0.15, 0.2) is 24.3 Å². The molecular formula is C13H19N3O2. The van der Waals surface area contributed by atoms with Crippen LogP contribution in [0.25, 0.3) is 0 Å². The summed E-state index contributed by atoms with van der Waals surface area (Å²) in [6.07, 6.45) is 3.69. The Hall–Kier alpha value is -1.62.